The van der Waals surface area contributed by atoms with Crippen LogP contribution in [-0.2, 0) is 4.79 Å². The van der Waals surface area contributed by atoms with Gasteiger partial charge in [-0.15, -0.1) is 0 Å². The van der Waals surface area contributed by atoms with Gasteiger partial charge in [0.15, 0.2) is 5.54 Å². The smallest absolute Gasteiger partial charge is 0.331 e. The van der Waals surface area contributed by atoms with E-state index < -0.39 is 11.5 Å². The predicted octanol–water partition coefficient (Wildman–Crippen LogP) is 3.30. The van der Waals surface area contributed by atoms with Gasteiger partial charge in [-0.2, -0.15) is 0 Å². The van der Waals surface area contributed by atoms with Crippen LogP contribution in [0.4, 0.5) is 0 Å². The summed E-state index contributed by atoms with van der Waals surface area (Å²) in [5.74, 6) is 0.453. The van der Waals surface area contributed by atoms with Gasteiger partial charge in [-0.25, -0.2) is 4.79 Å². The molecule has 0 spiro atoms. The molecule has 0 aromatic heterocycles. The largest absolute Gasteiger partial charge is 0.479 e. The number of carbonyl (C=O) groups excluding carboxylic acids is 1. The van der Waals surface area contributed by atoms with Gasteiger partial charge < -0.3 is 14.9 Å². The van der Waals surface area contributed by atoms with Crippen molar-refractivity contribution in [3.8, 4) is 0 Å². The highest BCUT2D eigenvalue weighted by atomic mass is 35.5. The zero-order valence-electron chi connectivity index (χ0n) is 15.9. The zero-order valence-corrected chi connectivity index (χ0v) is 16.7. The summed E-state index contributed by atoms with van der Waals surface area (Å²) in [5, 5.41) is 10.0. The van der Waals surface area contributed by atoms with Crippen molar-refractivity contribution < 1.29 is 14.7 Å². The summed E-state index contributed by atoms with van der Waals surface area (Å²) in [4.78, 5) is 33.3. The first-order valence-corrected chi connectivity index (χ1v) is 10.5. The van der Waals surface area contributed by atoms with Crippen molar-refractivity contribution in [2.45, 2.75) is 44.1 Å². The number of piperazine rings is 1. The number of hydrogen-bond donors (Lipinski definition) is 1. The fourth-order valence-corrected chi connectivity index (χ4v) is 4.48. The average Bonchev–Trinajstić information content (AvgIpc) is 3.30. The second-order valence-corrected chi connectivity index (χ2v) is 8.45. The van der Waals surface area contributed by atoms with Gasteiger partial charge in [-0.3, -0.25) is 9.79 Å². The quantitative estimate of drug-likeness (QED) is 0.618. The first-order valence-electron chi connectivity index (χ1n) is 10.1. The van der Waals surface area contributed by atoms with Gasteiger partial charge in [0.25, 0.3) is 5.91 Å². The van der Waals surface area contributed by atoms with Crippen molar-refractivity contribution in [1.82, 2.24) is 9.80 Å². The van der Waals surface area contributed by atoms with Crippen LogP contribution in [0.1, 0.15) is 48.9 Å². The van der Waals surface area contributed by atoms with Crippen LogP contribution < -0.4 is 0 Å². The highest BCUT2D eigenvalue weighted by Crippen LogP contribution is 2.42. The van der Waals surface area contributed by atoms with E-state index in [1.807, 2.05) is 17.0 Å². The zero-order chi connectivity index (χ0) is 19.7. The van der Waals surface area contributed by atoms with Gasteiger partial charge in [0, 0.05) is 32.1 Å². The van der Waals surface area contributed by atoms with E-state index >= 15 is 0 Å². The SMILES string of the molecule is O=C(c1ccccc1Cl)N1CCN(C(=NC2(C(=O)O)CC2)C2CCCC2)CC1. The Morgan fingerprint density at radius 1 is 1.04 bits per heavy atom. The number of amides is 1. The Morgan fingerprint density at radius 2 is 1.64 bits per heavy atom. The third kappa shape index (κ3) is 3.75. The third-order valence-corrected chi connectivity index (χ3v) is 6.50. The second-order valence-electron chi connectivity index (χ2n) is 8.05. The minimum absolute atomic E-state index is 0.0474. The van der Waals surface area contributed by atoms with Crippen molar-refractivity contribution >= 4 is 29.3 Å². The van der Waals surface area contributed by atoms with Gasteiger partial charge in [0.1, 0.15) is 5.84 Å². The number of aliphatic carboxylic acids is 1. The lowest BCUT2D eigenvalue weighted by Gasteiger charge is -2.38. The van der Waals surface area contributed by atoms with Crippen molar-refractivity contribution in [2.24, 2.45) is 10.9 Å². The number of benzene rings is 1. The maximum Gasteiger partial charge on any atom is 0.331 e. The molecule has 0 atom stereocenters. The highest BCUT2D eigenvalue weighted by Gasteiger charge is 2.51. The summed E-state index contributed by atoms with van der Waals surface area (Å²) in [6.45, 7) is 2.55. The maximum atomic E-state index is 12.8. The Labute approximate surface area is 170 Å². The molecule has 0 bridgehead atoms. The Balaban J connectivity index is 1.47. The topological polar surface area (TPSA) is 73.2 Å². The number of carbonyl (C=O) groups is 2. The van der Waals surface area contributed by atoms with Crippen LogP contribution in [0.2, 0.25) is 5.02 Å². The lowest BCUT2D eigenvalue weighted by molar-refractivity contribution is -0.139. The van der Waals surface area contributed by atoms with Crippen LogP contribution in [0.25, 0.3) is 0 Å². The van der Waals surface area contributed by atoms with Crippen molar-refractivity contribution in [3.05, 3.63) is 34.9 Å². The molecule has 2 saturated carbocycles. The molecule has 1 N–H and O–H groups in total. The van der Waals surface area contributed by atoms with Crippen molar-refractivity contribution in [3.63, 3.8) is 0 Å². The highest BCUT2D eigenvalue weighted by molar-refractivity contribution is 6.33. The van der Waals surface area contributed by atoms with E-state index in [0.29, 0.717) is 55.5 Å². The second kappa shape index (κ2) is 7.74. The molecule has 1 heterocycles. The Bertz CT molecular complexity index is 792. The summed E-state index contributed by atoms with van der Waals surface area (Å²) < 4.78 is 0. The molecule has 1 amide bonds. The number of aliphatic imine (C=N–C) groups is 1. The van der Waals surface area contributed by atoms with Crippen LogP contribution in [0.3, 0.4) is 0 Å². The summed E-state index contributed by atoms with van der Waals surface area (Å²) in [5.41, 5.74) is -0.368. The Kier molecular flexibility index (Phi) is 5.32. The average molecular weight is 404 g/mol. The van der Waals surface area contributed by atoms with Gasteiger partial charge in [0.2, 0.25) is 0 Å². The molecule has 1 aliphatic heterocycles. The van der Waals surface area contributed by atoms with E-state index in [0.717, 1.165) is 18.7 Å². The lowest BCUT2D eigenvalue weighted by atomic mass is 10.0. The monoisotopic (exact) mass is 403 g/mol. The Hall–Kier alpha value is -2.08. The van der Waals surface area contributed by atoms with Gasteiger partial charge in [-0.05, 0) is 37.8 Å². The first-order chi connectivity index (χ1) is 13.5. The minimum atomic E-state index is -0.900. The van der Waals surface area contributed by atoms with Crippen LogP contribution in [0.5, 0.6) is 0 Å². The number of hydrogen-bond acceptors (Lipinski definition) is 3. The number of carboxylic acids is 1. The summed E-state index contributed by atoms with van der Waals surface area (Å²) in [6, 6.07) is 7.13. The molecule has 0 radical (unpaired) electrons. The van der Waals surface area contributed by atoms with Crippen molar-refractivity contribution in [2.75, 3.05) is 26.2 Å². The standard InChI is InChI=1S/C21H26ClN3O3/c22-17-8-4-3-7-16(17)19(26)25-13-11-24(12-14-25)18(15-5-1-2-6-15)23-21(9-10-21)20(27)28/h3-4,7-8,15H,1-2,5-6,9-14H2,(H,27,28). The third-order valence-electron chi connectivity index (χ3n) is 6.17. The van der Waals surface area contributed by atoms with E-state index in [9.17, 15) is 14.7 Å². The van der Waals surface area contributed by atoms with Gasteiger partial charge in [0.05, 0.1) is 10.6 Å². The van der Waals surface area contributed by atoms with E-state index in [1.54, 1.807) is 12.1 Å². The fourth-order valence-electron chi connectivity index (χ4n) is 4.26. The Morgan fingerprint density at radius 3 is 2.21 bits per heavy atom. The van der Waals surface area contributed by atoms with E-state index in [1.165, 1.54) is 12.8 Å². The number of nitrogens with zero attached hydrogens (tertiary/aromatic N) is 3. The number of amidine groups is 1. The molecule has 3 aliphatic rings. The van der Waals surface area contributed by atoms with Crippen LogP contribution in [-0.4, -0.2) is 64.3 Å². The van der Waals surface area contributed by atoms with Crippen LogP contribution >= 0.6 is 11.6 Å². The molecule has 1 aromatic rings. The van der Waals surface area contributed by atoms with E-state index in [4.69, 9.17) is 16.6 Å². The summed E-state index contributed by atoms with van der Waals surface area (Å²) in [7, 11) is 0. The first kappa shape index (κ1) is 19.2. The molecule has 4 rings (SSSR count). The summed E-state index contributed by atoms with van der Waals surface area (Å²) in [6.07, 6.45) is 5.76. The fraction of sp³-hybridized carbons (Fsp3) is 0.571. The van der Waals surface area contributed by atoms with Crippen LogP contribution in [0, 0.1) is 5.92 Å². The molecule has 7 heteroatoms. The predicted molar refractivity (Wildman–Crippen MR) is 108 cm³/mol. The van der Waals surface area contributed by atoms with E-state index in [2.05, 4.69) is 4.90 Å². The van der Waals surface area contributed by atoms with Crippen LogP contribution in [0.15, 0.2) is 29.3 Å². The molecule has 150 valence electrons. The van der Waals surface area contributed by atoms with Crippen molar-refractivity contribution in [1.29, 1.82) is 0 Å². The normalized spacial score (nSPS) is 22.4. The molecule has 0 unspecified atom stereocenters. The lowest BCUT2D eigenvalue weighted by Crippen LogP contribution is -2.52. The molecule has 1 aromatic carbocycles. The minimum Gasteiger partial charge on any atom is -0.479 e. The number of rotatable bonds is 4. The molecular weight excluding hydrogens is 378 g/mol. The summed E-state index contributed by atoms with van der Waals surface area (Å²) >= 11 is 6.18. The van der Waals surface area contributed by atoms with Gasteiger partial charge >= 0.3 is 5.97 Å². The van der Waals surface area contributed by atoms with Gasteiger partial charge in [-0.1, -0.05) is 36.6 Å². The molecule has 3 fully saturated rings. The molecule has 6 nitrogen and oxygen atoms in total. The van der Waals surface area contributed by atoms with E-state index in [-0.39, 0.29) is 5.91 Å². The molecule has 1 saturated heterocycles. The molecule has 28 heavy (non-hydrogen) atoms. The number of carboxylic acid groups (broad SMARTS) is 1. The number of halogens is 1. The molecular formula is C21H26ClN3O3. The molecule has 2 aliphatic carbocycles. The maximum absolute atomic E-state index is 12.8.